The molecule has 0 unspecified atom stereocenters. The monoisotopic (exact) mass is 336 g/mol. The molecule has 0 radical (unpaired) electrons. The fourth-order valence-electron chi connectivity index (χ4n) is 3.08. The average molecular weight is 336 g/mol. The molecular weight excluding hydrogens is 316 g/mol. The first-order chi connectivity index (χ1) is 11.8. The Balaban J connectivity index is 0.000000701. The maximum Gasteiger partial charge on any atom is 0.373 e. The van der Waals surface area contributed by atoms with E-state index in [-0.39, 0.29) is 17.7 Å². The van der Waals surface area contributed by atoms with Gasteiger partial charge in [0.05, 0.1) is 0 Å². The molecule has 0 aliphatic rings. The summed E-state index contributed by atoms with van der Waals surface area (Å²) in [6.45, 7) is 8.06. The number of carbonyl (C=O) groups excluding carboxylic acids is 2. The lowest BCUT2D eigenvalue weighted by atomic mass is 9.89. The molecule has 0 heterocycles. The molecule has 128 valence electrons. The minimum atomic E-state index is 0.193. The Bertz CT molecular complexity index is 981. The number of hydrogen-bond acceptors (Lipinski definition) is 4. The minimum Gasteiger partial charge on any atom is -0.507 e. The SMILES string of the molecule is Cc1ccc2c(-c3c(O)cc(C)c(C)c3C)c(O)ccc2c1.O=C=O. The van der Waals surface area contributed by atoms with Crippen LogP contribution in [0.15, 0.2) is 36.4 Å². The van der Waals surface area contributed by atoms with Gasteiger partial charge in [-0.2, -0.15) is 9.59 Å². The van der Waals surface area contributed by atoms with Gasteiger partial charge in [-0.3, -0.25) is 0 Å². The molecule has 0 aliphatic heterocycles. The van der Waals surface area contributed by atoms with Crippen LogP contribution in [0.2, 0.25) is 0 Å². The summed E-state index contributed by atoms with van der Waals surface area (Å²) in [6.07, 6.45) is 0.250. The number of phenols is 2. The first kappa shape index (κ1) is 18.2. The standard InChI is InChI=1S/C20H20O2.CO2/c1-11-5-7-16-15(9-11)6-8-17(21)20(16)19-14(4)13(3)12(2)10-18(19)22;2-1-3/h5-10,21-22H,1-4H3;. The third kappa shape index (κ3) is 3.39. The second kappa shape index (κ2) is 7.20. The lowest BCUT2D eigenvalue weighted by Gasteiger charge is -2.17. The summed E-state index contributed by atoms with van der Waals surface area (Å²) in [7, 11) is 0. The Morgan fingerprint density at radius 2 is 1.40 bits per heavy atom. The lowest BCUT2D eigenvalue weighted by molar-refractivity contribution is -0.191. The van der Waals surface area contributed by atoms with Gasteiger partial charge in [-0.05, 0) is 67.3 Å². The van der Waals surface area contributed by atoms with Crippen molar-refractivity contribution in [2.24, 2.45) is 0 Å². The summed E-state index contributed by atoms with van der Waals surface area (Å²) in [6, 6.07) is 11.5. The molecule has 0 saturated heterocycles. The fourth-order valence-corrected chi connectivity index (χ4v) is 3.08. The van der Waals surface area contributed by atoms with Crippen LogP contribution in [0, 0.1) is 27.7 Å². The predicted octanol–water partition coefficient (Wildman–Crippen LogP) is 4.57. The zero-order chi connectivity index (χ0) is 18.7. The first-order valence-corrected chi connectivity index (χ1v) is 7.83. The van der Waals surface area contributed by atoms with Gasteiger partial charge in [0.15, 0.2) is 0 Å². The van der Waals surface area contributed by atoms with E-state index in [0.717, 1.165) is 33.0 Å². The molecule has 0 bridgehead atoms. The van der Waals surface area contributed by atoms with Crippen LogP contribution < -0.4 is 0 Å². The predicted molar refractivity (Wildman–Crippen MR) is 96.7 cm³/mol. The molecule has 0 aromatic heterocycles. The molecule has 3 aromatic rings. The highest BCUT2D eigenvalue weighted by Gasteiger charge is 2.18. The van der Waals surface area contributed by atoms with Crippen LogP contribution in [0.25, 0.3) is 21.9 Å². The minimum absolute atomic E-state index is 0.193. The highest BCUT2D eigenvalue weighted by Crippen LogP contribution is 2.44. The maximum atomic E-state index is 10.5. The van der Waals surface area contributed by atoms with Crippen molar-refractivity contribution in [1.29, 1.82) is 0 Å². The molecule has 0 aliphatic carbocycles. The van der Waals surface area contributed by atoms with Crippen molar-refractivity contribution in [3.63, 3.8) is 0 Å². The Morgan fingerprint density at radius 3 is 2.04 bits per heavy atom. The third-order valence-electron chi connectivity index (χ3n) is 4.54. The Labute approximate surface area is 146 Å². The van der Waals surface area contributed by atoms with Crippen molar-refractivity contribution >= 4 is 16.9 Å². The smallest absolute Gasteiger partial charge is 0.373 e. The van der Waals surface area contributed by atoms with Crippen LogP contribution in [-0.2, 0) is 9.59 Å². The van der Waals surface area contributed by atoms with Gasteiger partial charge in [0.2, 0.25) is 0 Å². The molecule has 0 spiro atoms. The average Bonchev–Trinajstić information content (AvgIpc) is 2.55. The number of aromatic hydroxyl groups is 2. The third-order valence-corrected chi connectivity index (χ3v) is 4.54. The van der Waals surface area contributed by atoms with Crippen molar-refractivity contribution in [1.82, 2.24) is 0 Å². The van der Waals surface area contributed by atoms with Crippen molar-refractivity contribution in [2.75, 3.05) is 0 Å². The van der Waals surface area contributed by atoms with Crippen molar-refractivity contribution in [3.8, 4) is 22.6 Å². The van der Waals surface area contributed by atoms with Crippen LogP contribution in [0.3, 0.4) is 0 Å². The Hall–Kier alpha value is -3.10. The summed E-state index contributed by atoms with van der Waals surface area (Å²) >= 11 is 0. The second-order valence-electron chi connectivity index (χ2n) is 6.11. The van der Waals surface area contributed by atoms with E-state index in [0.29, 0.717) is 5.56 Å². The summed E-state index contributed by atoms with van der Waals surface area (Å²) in [5.41, 5.74) is 5.78. The van der Waals surface area contributed by atoms with E-state index >= 15 is 0 Å². The normalized spacial score (nSPS) is 10.1. The van der Waals surface area contributed by atoms with E-state index in [1.54, 1.807) is 12.1 Å². The van der Waals surface area contributed by atoms with Crippen molar-refractivity contribution in [2.45, 2.75) is 27.7 Å². The fraction of sp³-hybridized carbons (Fsp3) is 0.190. The first-order valence-electron chi connectivity index (χ1n) is 7.83. The van der Waals surface area contributed by atoms with Crippen molar-refractivity contribution in [3.05, 3.63) is 58.7 Å². The van der Waals surface area contributed by atoms with E-state index in [4.69, 9.17) is 9.59 Å². The molecule has 4 heteroatoms. The van der Waals surface area contributed by atoms with Gasteiger partial charge >= 0.3 is 6.15 Å². The molecule has 25 heavy (non-hydrogen) atoms. The molecule has 4 nitrogen and oxygen atoms in total. The number of aryl methyl sites for hydroxylation is 2. The highest BCUT2D eigenvalue weighted by molar-refractivity contribution is 6.02. The largest absolute Gasteiger partial charge is 0.507 e. The van der Waals surface area contributed by atoms with Crippen LogP contribution in [0.4, 0.5) is 0 Å². The molecule has 2 N–H and O–H groups in total. The number of rotatable bonds is 1. The highest BCUT2D eigenvalue weighted by atomic mass is 16.3. The lowest BCUT2D eigenvalue weighted by Crippen LogP contribution is -1.93. The zero-order valence-corrected chi connectivity index (χ0v) is 14.7. The van der Waals surface area contributed by atoms with Crippen LogP contribution in [0.1, 0.15) is 22.3 Å². The number of fused-ring (bicyclic) bond motifs is 1. The summed E-state index contributed by atoms with van der Waals surface area (Å²) in [4.78, 5) is 16.2. The van der Waals surface area contributed by atoms with Gasteiger partial charge in [-0.1, -0.05) is 29.8 Å². The summed E-state index contributed by atoms with van der Waals surface area (Å²) in [5.74, 6) is 0.405. The van der Waals surface area contributed by atoms with Gasteiger partial charge in [-0.25, -0.2) is 0 Å². The van der Waals surface area contributed by atoms with Gasteiger partial charge in [0, 0.05) is 11.1 Å². The molecule has 0 atom stereocenters. The molecule has 0 saturated carbocycles. The molecular formula is C21H20O4. The second-order valence-corrected chi connectivity index (χ2v) is 6.11. The Kier molecular flexibility index (Phi) is 5.26. The number of phenolic OH excluding ortho intramolecular Hbond substituents is 2. The van der Waals surface area contributed by atoms with E-state index in [2.05, 4.69) is 6.07 Å². The maximum absolute atomic E-state index is 10.5. The molecule has 0 fully saturated rings. The molecule has 3 rings (SSSR count). The summed E-state index contributed by atoms with van der Waals surface area (Å²) in [5, 5.41) is 22.9. The zero-order valence-electron chi connectivity index (χ0n) is 14.7. The molecule has 0 amide bonds. The van der Waals surface area contributed by atoms with Gasteiger partial charge in [0.25, 0.3) is 0 Å². The van der Waals surface area contributed by atoms with E-state index in [1.165, 1.54) is 5.56 Å². The topological polar surface area (TPSA) is 74.6 Å². The van der Waals surface area contributed by atoms with Crippen LogP contribution >= 0.6 is 0 Å². The van der Waals surface area contributed by atoms with Gasteiger partial charge in [0.1, 0.15) is 11.5 Å². The van der Waals surface area contributed by atoms with Crippen LogP contribution in [-0.4, -0.2) is 16.4 Å². The van der Waals surface area contributed by atoms with E-state index in [1.807, 2.05) is 45.9 Å². The van der Waals surface area contributed by atoms with Gasteiger partial charge in [-0.15, -0.1) is 0 Å². The summed E-state index contributed by atoms with van der Waals surface area (Å²) < 4.78 is 0. The van der Waals surface area contributed by atoms with Gasteiger partial charge < -0.3 is 10.2 Å². The van der Waals surface area contributed by atoms with Crippen LogP contribution in [0.5, 0.6) is 11.5 Å². The van der Waals surface area contributed by atoms with E-state index < -0.39 is 0 Å². The number of benzene rings is 3. The quantitative estimate of drug-likeness (QED) is 0.683. The van der Waals surface area contributed by atoms with E-state index in [9.17, 15) is 10.2 Å². The van der Waals surface area contributed by atoms with Crippen molar-refractivity contribution < 1.29 is 19.8 Å². The Morgan fingerprint density at radius 1 is 0.760 bits per heavy atom. The molecule has 3 aromatic carbocycles. The number of hydrogen-bond donors (Lipinski definition) is 2.